The van der Waals surface area contributed by atoms with E-state index in [1.807, 2.05) is 36.4 Å². The third-order valence-electron chi connectivity index (χ3n) is 19.4. The molecule has 0 radical (unpaired) electrons. The van der Waals surface area contributed by atoms with Gasteiger partial charge in [0.2, 0.25) is 47.3 Å². The minimum atomic E-state index is -1.47. The van der Waals surface area contributed by atoms with Gasteiger partial charge >= 0.3 is 0 Å². The number of nitrogens with one attached hydrogen (secondary N) is 8. The molecule has 2 heterocycles. The number of nitrogens with two attached hydrogens (primary N) is 12. The average molecular weight is 1630 g/mol. The minimum Gasteiger partial charge on any atom is -0.492 e. The molecular weight excluding hydrogens is 1500 g/mol. The van der Waals surface area contributed by atoms with Crippen molar-refractivity contribution in [1.29, 1.82) is 0 Å². The first-order chi connectivity index (χ1) is 56.2. The third kappa shape index (κ3) is 39.6. The summed E-state index contributed by atoms with van der Waals surface area (Å²) in [5.41, 5.74) is 73.3. The molecule has 2 aliphatic rings. The summed E-state index contributed by atoms with van der Waals surface area (Å²) in [6.45, 7) is 10.5. The van der Waals surface area contributed by atoms with Gasteiger partial charge in [-0.2, -0.15) is 0 Å². The zero-order chi connectivity index (χ0) is 85.3. The van der Waals surface area contributed by atoms with Crippen LogP contribution in [0.15, 0.2) is 103 Å². The highest BCUT2D eigenvalue weighted by atomic mass is 16.5. The number of ether oxygens (including phenoxy) is 2. The quantitative estimate of drug-likeness (QED) is 0.0133. The second kappa shape index (κ2) is 54.3. The van der Waals surface area contributed by atoms with Crippen molar-refractivity contribution in [3.63, 3.8) is 0 Å². The molecule has 8 amide bonds. The maximum absolute atomic E-state index is 14.9. The molecule has 2 aliphatic heterocycles. The van der Waals surface area contributed by atoms with Gasteiger partial charge in [0.05, 0.1) is 12.6 Å². The highest BCUT2D eigenvalue weighted by molar-refractivity contribution is 6.01. The summed E-state index contributed by atoms with van der Waals surface area (Å²) in [6.07, 6.45) is 10.9. The molecule has 3 aromatic carbocycles. The molecule has 2 fully saturated rings. The van der Waals surface area contributed by atoms with E-state index < -0.39 is 83.5 Å². The van der Waals surface area contributed by atoms with Crippen LogP contribution in [-0.4, -0.2) is 227 Å². The smallest absolute Gasteiger partial charge is 0.249 e. The zero-order valence-electron chi connectivity index (χ0n) is 68.1. The van der Waals surface area contributed by atoms with Gasteiger partial charge in [-0.3, -0.25) is 88.7 Å². The first kappa shape index (κ1) is 96.0. The summed E-state index contributed by atoms with van der Waals surface area (Å²) in [5.74, 6) is -6.06. The molecule has 38 heteroatoms. The number of amides is 8. The first-order valence-electron chi connectivity index (χ1n) is 40.6. The topological polar surface area (TPSA) is 644 Å². The number of rotatable bonds is 52. The molecule has 0 aliphatic carbocycles. The van der Waals surface area contributed by atoms with E-state index in [4.69, 9.17) is 78.3 Å². The minimum absolute atomic E-state index is 0.00976. The lowest BCUT2D eigenvalue weighted by molar-refractivity contribution is -0.136. The number of carbonyl (C=O) groups is 8. The number of imide groups is 1. The van der Waals surface area contributed by atoms with Crippen molar-refractivity contribution in [1.82, 2.24) is 52.3 Å². The van der Waals surface area contributed by atoms with Crippen LogP contribution < -0.4 is 121 Å². The van der Waals surface area contributed by atoms with Crippen molar-refractivity contribution in [2.75, 3.05) is 98.3 Å². The van der Waals surface area contributed by atoms with E-state index in [2.05, 4.69) is 126 Å². The van der Waals surface area contributed by atoms with Crippen LogP contribution in [0.5, 0.6) is 11.5 Å². The lowest BCUT2D eigenvalue weighted by Crippen LogP contribution is -2.59. The van der Waals surface area contributed by atoms with E-state index in [0.717, 1.165) is 91.1 Å². The van der Waals surface area contributed by atoms with Crippen molar-refractivity contribution in [2.24, 2.45) is 98.8 Å². The van der Waals surface area contributed by atoms with Crippen LogP contribution in [0.25, 0.3) is 11.1 Å². The van der Waals surface area contributed by atoms with E-state index in [0.29, 0.717) is 19.6 Å². The predicted molar refractivity (Wildman–Crippen MR) is 458 cm³/mol. The van der Waals surface area contributed by atoms with Crippen LogP contribution in [0.3, 0.4) is 0 Å². The molecule has 0 spiro atoms. The molecule has 0 unspecified atom stereocenters. The van der Waals surface area contributed by atoms with E-state index in [1.54, 1.807) is 0 Å². The summed E-state index contributed by atoms with van der Waals surface area (Å²) in [5, 5.41) is 21.8. The van der Waals surface area contributed by atoms with Gasteiger partial charge in [0.1, 0.15) is 54.9 Å². The number of hydrogen-bond donors (Lipinski definition) is 20. The molecule has 117 heavy (non-hydrogen) atoms. The first-order valence-corrected chi connectivity index (χ1v) is 40.6. The SMILES string of the molecule is CCC(=C(c1ccc(OCCN2CCCCCC2)cc1)c1ccc(OCCN2CCCCCC2)cc1)c1cccc(CNC(=O)CN[C@@H](CCCN=C(N)N)C(=O)N[C@@H](CCCN=C(N)N)C(=O)N[C@@H](CCCN=C(N)N)C(=O)N[C@@H](CCCN=C(N)N)C(=O)N[C@@H](CCCN=C(N)N)C(=O)N[C@@H](CCCN=C(N)N)C(=O)NC(C)=O)c1. The fourth-order valence-corrected chi connectivity index (χ4v) is 13.4. The fourth-order valence-electron chi connectivity index (χ4n) is 13.4. The van der Waals surface area contributed by atoms with Gasteiger partial charge in [0.15, 0.2) is 35.8 Å². The standard InChI is InChI=1S/C79H130N28O10/c1-3-59(67(54-27-31-57(32-28-54)116-47-45-106-41-8-4-5-9-42-106)55-29-33-58(34-30-55)117-48-46-107-43-10-6-7-11-44-107)56-20-12-19-53(49-56)50-99-66(109)51-98-60(21-13-35-92-74(80)81)68(110)101-62(23-15-37-94-76(84)85)70(112)103-64(25-17-39-96-78(88)89)72(114)105-65(26-18-40-97-79(90)91)73(115)104-63(24-16-38-95-77(86)87)71(113)102-61(69(111)100-52(2)108)22-14-36-93-75(82)83/h12,19-20,27-34,49,60-65,98H,3-11,13-18,21-26,35-48,50-51H2,1-2H3,(H,99,109)(H,101,110)(H,102,113)(H,103,112)(H,104,115)(H,105,114)(H4,80,81,92)(H4,82,83,93)(H4,84,85,94)(H4,86,87,95)(H4,88,89,96)(H4,90,91,97)(H,100,108,111)/t60-,61-,62-,63-,64-,65-/m0/s1. The molecular formula is C79H130N28O10. The zero-order valence-corrected chi connectivity index (χ0v) is 68.1. The Balaban J connectivity index is 1.40. The molecule has 0 bridgehead atoms. The van der Waals surface area contributed by atoms with Crippen LogP contribution in [0.2, 0.25) is 0 Å². The van der Waals surface area contributed by atoms with E-state index in [1.165, 1.54) is 51.4 Å². The number of carbonyl (C=O) groups excluding carboxylic acids is 8. The summed E-state index contributed by atoms with van der Waals surface area (Å²) in [4.78, 5) is 142. The summed E-state index contributed by atoms with van der Waals surface area (Å²) in [6, 6.07) is 16.3. The van der Waals surface area contributed by atoms with Crippen molar-refractivity contribution in [2.45, 2.75) is 191 Å². The molecule has 5 rings (SSSR count). The van der Waals surface area contributed by atoms with Crippen LogP contribution in [0, 0.1) is 0 Å². The Bertz CT molecular complexity index is 3720. The molecule has 2 saturated heterocycles. The number of guanidine groups is 6. The lowest BCUT2D eigenvalue weighted by Gasteiger charge is -2.28. The second-order valence-corrected chi connectivity index (χ2v) is 28.9. The number of allylic oxidation sites excluding steroid dienone is 1. The van der Waals surface area contributed by atoms with Gasteiger partial charge in [-0.05, 0) is 199 Å². The number of hydrogen-bond acceptors (Lipinski definition) is 19. The van der Waals surface area contributed by atoms with Gasteiger partial charge < -0.3 is 110 Å². The van der Waals surface area contributed by atoms with Gasteiger partial charge in [0.25, 0.3) is 0 Å². The molecule has 3 aromatic rings. The second-order valence-electron chi connectivity index (χ2n) is 28.9. The van der Waals surface area contributed by atoms with E-state index in [9.17, 15) is 38.4 Å². The van der Waals surface area contributed by atoms with Gasteiger partial charge in [-0.1, -0.05) is 75.1 Å². The van der Waals surface area contributed by atoms with Gasteiger partial charge in [-0.25, -0.2) is 0 Å². The summed E-state index contributed by atoms with van der Waals surface area (Å²) >= 11 is 0. The number of likely N-dealkylation sites (tertiary alicyclic amines) is 2. The maximum Gasteiger partial charge on any atom is 0.249 e. The Labute approximate surface area is 686 Å². The highest BCUT2D eigenvalue weighted by Gasteiger charge is 2.34. The predicted octanol–water partition coefficient (Wildman–Crippen LogP) is -1.45. The Hall–Kier alpha value is -11.5. The fraction of sp³-hybridized carbons (Fsp3) is 0.570. The Kier molecular flexibility index (Phi) is 44.6. The van der Waals surface area contributed by atoms with Crippen molar-refractivity contribution >= 4 is 94.2 Å². The number of nitrogens with zero attached hydrogens (tertiary/aromatic N) is 8. The van der Waals surface area contributed by atoms with Crippen LogP contribution in [0.4, 0.5) is 0 Å². The highest BCUT2D eigenvalue weighted by Crippen LogP contribution is 2.36. The molecule has 0 aromatic heterocycles. The molecule has 32 N–H and O–H groups in total. The van der Waals surface area contributed by atoms with Crippen LogP contribution in [0.1, 0.15) is 171 Å². The molecule has 0 saturated carbocycles. The van der Waals surface area contributed by atoms with Crippen molar-refractivity contribution in [3.8, 4) is 11.5 Å². The molecule has 38 nitrogen and oxygen atoms in total. The average Bonchev–Trinajstić information content (AvgIpc) is 0.996. The number of benzene rings is 3. The maximum atomic E-state index is 14.9. The molecule has 6 atom stereocenters. The third-order valence-corrected chi connectivity index (χ3v) is 19.4. The monoisotopic (exact) mass is 1630 g/mol. The number of aliphatic imine (C=N–C) groups is 6. The summed E-state index contributed by atoms with van der Waals surface area (Å²) in [7, 11) is 0. The van der Waals surface area contributed by atoms with Gasteiger partial charge in [0, 0.05) is 65.8 Å². The Morgan fingerprint density at radius 1 is 0.402 bits per heavy atom. The van der Waals surface area contributed by atoms with Crippen molar-refractivity contribution in [3.05, 3.63) is 95.1 Å². The summed E-state index contributed by atoms with van der Waals surface area (Å²) < 4.78 is 12.6. The van der Waals surface area contributed by atoms with Gasteiger partial charge in [-0.15, -0.1) is 0 Å². The normalized spacial score (nSPS) is 14.4. The molecule has 646 valence electrons. The Morgan fingerprint density at radius 2 is 0.718 bits per heavy atom. The van der Waals surface area contributed by atoms with Crippen LogP contribution in [-0.2, 0) is 44.9 Å². The Morgan fingerprint density at radius 3 is 1.03 bits per heavy atom. The van der Waals surface area contributed by atoms with E-state index in [-0.39, 0.29) is 165 Å². The largest absolute Gasteiger partial charge is 0.492 e. The van der Waals surface area contributed by atoms with Crippen molar-refractivity contribution < 1.29 is 47.8 Å². The van der Waals surface area contributed by atoms with Crippen LogP contribution >= 0.6 is 0 Å². The van der Waals surface area contributed by atoms with E-state index >= 15 is 0 Å². The lowest BCUT2D eigenvalue weighted by atomic mass is 9.87.